The van der Waals surface area contributed by atoms with Gasteiger partial charge in [-0.3, -0.25) is 4.79 Å². The van der Waals surface area contributed by atoms with Gasteiger partial charge in [0, 0.05) is 23.6 Å². The Kier molecular flexibility index (Phi) is 5.58. The van der Waals surface area contributed by atoms with Gasteiger partial charge in [0.15, 0.2) is 0 Å². The van der Waals surface area contributed by atoms with Crippen molar-refractivity contribution in [2.24, 2.45) is 0 Å². The zero-order valence-corrected chi connectivity index (χ0v) is 10.5. The predicted octanol–water partition coefficient (Wildman–Crippen LogP) is 2.38. The zero-order valence-electron chi connectivity index (χ0n) is 8.87. The van der Waals surface area contributed by atoms with Crippen LogP contribution in [-0.2, 0) is 0 Å². The molecule has 0 unspecified atom stereocenters. The summed E-state index contributed by atoms with van der Waals surface area (Å²) < 4.78 is 0.859. The monoisotopic (exact) mass is 280 g/mol. The highest BCUT2D eigenvalue weighted by Gasteiger charge is 2.05. The third-order valence-corrected chi connectivity index (χ3v) is 2.46. The van der Waals surface area contributed by atoms with Crippen LogP contribution in [0.3, 0.4) is 0 Å². The van der Waals surface area contributed by atoms with Gasteiger partial charge in [-0.25, -0.2) is 4.98 Å². The van der Waals surface area contributed by atoms with Gasteiger partial charge in [-0.1, -0.05) is 0 Å². The summed E-state index contributed by atoms with van der Waals surface area (Å²) in [6, 6.07) is 3.47. The van der Waals surface area contributed by atoms with Crippen LogP contribution in [0.5, 0.6) is 0 Å². The van der Waals surface area contributed by atoms with Crippen LogP contribution in [0.1, 0.15) is 29.8 Å². The van der Waals surface area contributed by atoms with Crippen LogP contribution in [0.2, 0.25) is 0 Å². The summed E-state index contributed by atoms with van der Waals surface area (Å²) in [5.41, 5.74) is 0.431. The maximum absolute atomic E-state index is 11.6. The van der Waals surface area contributed by atoms with Gasteiger partial charge in [0.25, 0.3) is 5.91 Å². The quantitative estimate of drug-likeness (QED) is 0.665. The van der Waals surface area contributed by atoms with Gasteiger partial charge in [-0.15, -0.1) is 12.3 Å². The van der Waals surface area contributed by atoms with E-state index in [-0.39, 0.29) is 5.91 Å². The Labute approximate surface area is 104 Å². The first-order valence-corrected chi connectivity index (χ1v) is 5.86. The SMILES string of the molecule is C#CCCCCNC(=O)c1ccc(Br)cn1. The van der Waals surface area contributed by atoms with Crippen LogP contribution < -0.4 is 5.32 Å². The minimum atomic E-state index is -0.145. The summed E-state index contributed by atoms with van der Waals surface area (Å²) in [6.07, 6.45) is 9.32. The van der Waals surface area contributed by atoms with E-state index in [0.29, 0.717) is 12.2 Å². The summed E-state index contributed by atoms with van der Waals surface area (Å²) in [5.74, 6) is 2.42. The molecule has 1 N–H and O–H groups in total. The molecule has 1 amide bonds. The molecule has 84 valence electrons. The second-order valence-electron chi connectivity index (χ2n) is 3.28. The molecule has 0 atom stereocenters. The Morgan fingerprint density at radius 3 is 2.94 bits per heavy atom. The van der Waals surface area contributed by atoms with Gasteiger partial charge in [0.2, 0.25) is 0 Å². The molecule has 0 bridgehead atoms. The Hall–Kier alpha value is -1.34. The Balaban J connectivity index is 2.30. The first kappa shape index (κ1) is 12.7. The largest absolute Gasteiger partial charge is 0.351 e. The number of amides is 1. The molecule has 0 aromatic carbocycles. The molecule has 0 aliphatic heterocycles. The van der Waals surface area contributed by atoms with Crippen molar-refractivity contribution in [1.82, 2.24) is 10.3 Å². The maximum atomic E-state index is 11.6. The molecule has 0 saturated heterocycles. The minimum absolute atomic E-state index is 0.145. The van der Waals surface area contributed by atoms with Gasteiger partial charge in [-0.2, -0.15) is 0 Å². The van der Waals surface area contributed by atoms with Crippen LogP contribution in [-0.4, -0.2) is 17.4 Å². The molecule has 16 heavy (non-hydrogen) atoms. The highest BCUT2D eigenvalue weighted by molar-refractivity contribution is 9.10. The smallest absolute Gasteiger partial charge is 0.269 e. The van der Waals surface area contributed by atoms with E-state index in [4.69, 9.17) is 6.42 Å². The number of carbonyl (C=O) groups excluding carboxylic acids is 1. The number of nitrogens with zero attached hydrogens (tertiary/aromatic N) is 1. The first-order chi connectivity index (χ1) is 7.74. The lowest BCUT2D eigenvalue weighted by Gasteiger charge is -2.03. The highest BCUT2D eigenvalue weighted by Crippen LogP contribution is 2.07. The van der Waals surface area contributed by atoms with E-state index in [1.807, 2.05) is 0 Å². The number of hydrogen-bond donors (Lipinski definition) is 1. The van der Waals surface area contributed by atoms with Crippen LogP contribution in [0.15, 0.2) is 22.8 Å². The molecule has 0 aliphatic carbocycles. The lowest BCUT2D eigenvalue weighted by molar-refractivity contribution is 0.0948. The number of aromatic nitrogens is 1. The van der Waals surface area contributed by atoms with Crippen LogP contribution in [0.4, 0.5) is 0 Å². The van der Waals surface area contributed by atoms with Gasteiger partial charge in [0.05, 0.1) is 0 Å². The lowest BCUT2D eigenvalue weighted by Crippen LogP contribution is -2.25. The number of rotatable bonds is 5. The van der Waals surface area contributed by atoms with Gasteiger partial charge < -0.3 is 5.32 Å². The zero-order chi connectivity index (χ0) is 11.8. The van der Waals surface area contributed by atoms with E-state index >= 15 is 0 Å². The number of carbonyl (C=O) groups is 1. The topological polar surface area (TPSA) is 42.0 Å². The summed E-state index contributed by atoms with van der Waals surface area (Å²) in [4.78, 5) is 15.6. The second-order valence-corrected chi connectivity index (χ2v) is 4.19. The van der Waals surface area contributed by atoms with Crippen molar-refractivity contribution in [3.05, 3.63) is 28.5 Å². The molecule has 1 heterocycles. The molecule has 0 aliphatic rings. The molecular formula is C12H13BrN2O. The summed E-state index contributed by atoms with van der Waals surface area (Å²) in [7, 11) is 0. The molecule has 1 rings (SSSR count). The maximum Gasteiger partial charge on any atom is 0.269 e. The van der Waals surface area contributed by atoms with Gasteiger partial charge in [0.1, 0.15) is 5.69 Å². The third kappa shape index (κ3) is 4.45. The number of pyridine rings is 1. The van der Waals surface area contributed by atoms with Crippen molar-refractivity contribution in [3.8, 4) is 12.3 Å². The number of terminal acetylenes is 1. The lowest BCUT2D eigenvalue weighted by atomic mass is 10.2. The normalized spacial score (nSPS) is 9.50. The molecule has 3 nitrogen and oxygen atoms in total. The van der Waals surface area contributed by atoms with Crippen molar-refractivity contribution in [1.29, 1.82) is 0 Å². The fraction of sp³-hybridized carbons (Fsp3) is 0.333. The van der Waals surface area contributed by atoms with Crippen molar-refractivity contribution in [2.45, 2.75) is 19.3 Å². The first-order valence-electron chi connectivity index (χ1n) is 5.07. The Morgan fingerprint density at radius 1 is 1.50 bits per heavy atom. The molecule has 0 saturated carbocycles. The second kappa shape index (κ2) is 7.02. The van der Waals surface area contributed by atoms with Crippen LogP contribution >= 0.6 is 15.9 Å². The summed E-state index contributed by atoms with van der Waals surface area (Å²) in [6.45, 7) is 0.637. The molecule has 1 aromatic heterocycles. The molecule has 0 radical (unpaired) electrons. The Morgan fingerprint density at radius 2 is 2.31 bits per heavy atom. The minimum Gasteiger partial charge on any atom is -0.351 e. The van der Waals surface area contributed by atoms with Crippen molar-refractivity contribution in [2.75, 3.05) is 6.54 Å². The summed E-state index contributed by atoms with van der Waals surface area (Å²) in [5, 5.41) is 2.79. The van der Waals surface area contributed by atoms with E-state index in [1.54, 1.807) is 18.3 Å². The van der Waals surface area contributed by atoms with E-state index in [9.17, 15) is 4.79 Å². The molecule has 0 fully saturated rings. The predicted molar refractivity (Wildman–Crippen MR) is 67.0 cm³/mol. The third-order valence-electron chi connectivity index (χ3n) is 1.99. The fourth-order valence-electron chi connectivity index (χ4n) is 1.15. The van der Waals surface area contributed by atoms with E-state index in [0.717, 1.165) is 23.7 Å². The van der Waals surface area contributed by atoms with Crippen molar-refractivity contribution < 1.29 is 4.79 Å². The highest BCUT2D eigenvalue weighted by atomic mass is 79.9. The Bertz CT molecular complexity index is 381. The van der Waals surface area contributed by atoms with Crippen molar-refractivity contribution in [3.63, 3.8) is 0 Å². The number of hydrogen-bond acceptors (Lipinski definition) is 2. The standard InChI is InChI=1S/C12H13BrN2O/c1-2-3-4-5-8-14-12(16)11-7-6-10(13)9-15-11/h1,6-7,9H,3-5,8H2,(H,14,16). The molecular weight excluding hydrogens is 268 g/mol. The number of unbranched alkanes of at least 4 members (excludes halogenated alkanes) is 2. The van der Waals surface area contributed by atoms with Crippen LogP contribution in [0, 0.1) is 12.3 Å². The average Bonchev–Trinajstić information content (AvgIpc) is 2.29. The fourth-order valence-corrected chi connectivity index (χ4v) is 1.39. The summed E-state index contributed by atoms with van der Waals surface area (Å²) >= 11 is 3.26. The van der Waals surface area contributed by atoms with Gasteiger partial charge >= 0.3 is 0 Å². The van der Waals surface area contributed by atoms with Crippen LogP contribution in [0.25, 0.3) is 0 Å². The average molecular weight is 281 g/mol. The van der Waals surface area contributed by atoms with E-state index < -0.39 is 0 Å². The van der Waals surface area contributed by atoms with E-state index in [2.05, 4.69) is 32.2 Å². The molecule has 0 spiro atoms. The number of nitrogens with one attached hydrogen (secondary N) is 1. The molecule has 1 aromatic rings. The van der Waals surface area contributed by atoms with E-state index in [1.165, 1.54) is 0 Å². The van der Waals surface area contributed by atoms with Crippen molar-refractivity contribution >= 4 is 21.8 Å². The van der Waals surface area contributed by atoms with Gasteiger partial charge in [-0.05, 0) is 40.9 Å². The molecule has 4 heteroatoms. The number of halogens is 1.